The first-order valence-electron chi connectivity index (χ1n) is 7.15. The molecule has 0 saturated carbocycles. The van der Waals surface area contributed by atoms with E-state index in [1.807, 2.05) is 48.5 Å². The smallest absolute Gasteiger partial charge is 0.142 e. The average molecular weight is 289 g/mol. The van der Waals surface area contributed by atoms with E-state index >= 15 is 0 Å². The molecule has 0 spiro atoms. The van der Waals surface area contributed by atoms with E-state index in [0.29, 0.717) is 0 Å². The van der Waals surface area contributed by atoms with Gasteiger partial charge in [-0.2, -0.15) is 0 Å². The van der Waals surface area contributed by atoms with Crippen LogP contribution in [0.2, 0.25) is 0 Å². The first-order chi connectivity index (χ1) is 10.8. The maximum Gasteiger partial charge on any atom is 0.142 e. The van der Waals surface area contributed by atoms with E-state index in [-0.39, 0.29) is 5.75 Å². The summed E-state index contributed by atoms with van der Waals surface area (Å²) in [5, 5.41) is 12.2. The SMILES string of the molecule is COc1cccc2c1[nH]c1c(-c3ccccc3)cc(O)cc12. The molecule has 0 saturated heterocycles. The van der Waals surface area contributed by atoms with Crippen molar-refractivity contribution in [1.82, 2.24) is 4.98 Å². The summed E-state index contributed by atoms with van der Waals surface area (Å²) in [5.41, 5.74) is 3.99. The quantitative estimate of drug-likeness (QED) is 0.561. The molecule has 0 radical (unpaired) electrons. The Morgan fingerprint density at radius 1 is 0.864 bits per heavy atom. The van der Waals surface area contributed by atoms with E-state index in [4.69, 9.17) is 4.74 Å². The minimum absolute atomic E-state index is 0.259. The van der Waals surface area contributed by atoms with Crippen LogP contribution in [0.5, 0.6) is 11.5 Å². The first-order valence-corrected chi connectivity index (χ1v) is 7.15. The van der Waals surface area contributed by atoms with Gasteiger partial charge in [-0.05, 0) is 23.8 Å². The van der Waals surface area contributed by atoms with Crippen molar-refractivity contribution in [1.29, 1.82) is 0 Å². The summed E-state index contributed by atoms with van der Waals surface area (Å²) in [7, 11) is 1.66. The summed E-state index contributed by atoms with van der Waals surface area (Å²) in [6.45, 7) is 0. The van der Waals surface area contributed by atoms with Gasteiger partial charge in [-0.1, -0.05) is 42.5 Å². The molecule has 0 fully saturated rings. The van der Waals surface area contributed by atoms with E-state index < -0.39 is 0 Å². The van der Waals surface area contributed by atoms with Crippen molar-refractivity contribution < 1.29 is 9.84 Å². The molecule has 4 aromatic rings. The summed E-state index contributed by atoms with van der Waals surface area (Å²) < 4.78 is 5.44. The highest BCUT2D eigenvalue weighted by Gasteiger charge is 2.13. The zero-order chi connectivity index (χ0) is 15.1. The maximum absolute atomic E-state index is 10.1. The summed E-state index contributed by atoms with van der Waals surface area (Å²) >= 11 is 0. The lowest BCUT2D eigenvalue weighted by molar-refractivity contribution is 0.419. The van der Waals surface area contributed by atoms with Crippen LogP contribution in [0, 0.1) is 0 Å². The Morgan fingerprint density at radius 2 is 1.68 bits per heavy atom. The molecule has 3 heteroatoms. The highest BCUT2D eigenvalue weighted by molar-refractivity contribution is 6.13. The topological polar surface area (TPSA) is 45.2 Å². The Morgan fingerprint density at radius 3 is 2.45 bits per heavy atom. The molecule has 4 rings (SSSR count). The lowest BCUT2D eigenvalue weighted by Gasteiger charge is -2.05. The van der Waals surface area contributed by atoms with Crippen LogP contribution in [0.1, 0.15) is 0 Å². The van der Waals surface area contributed by atoms with Gasteiger partial charge in [0.2, 0.25) is 0 Å². The predicted octanol–water partition coefficient (Wildman–Crippen LogP) is 4.70. The lowest BCUT2D eigenvalue weighted by atomic mass is 10.0. The van der Waals surface area contributed by atoms with Crippen LogP contribution in [0.15, 0.2) is 60.7 Å². The molecule has 0 aliphatic rings. The van der Waals surface area contributed by atoms with Crippen LogP contribution in [0.4, 0.5) is 0 Å². The van der Waals surface area contributed by atoms with Crippen LogP contribution < -0.4 is 4.74 Å². The fourth-order valence-electron chi connectivity index (χ4n) is 3.00. The zero-order valence-electron chi connectivity index (χ0n) is 12.1. The van der Waals surface area contributed by atoms with Gasteiger partial charge in [-0.15, -0.1) is 0 Å². The van der Waals surface area contributed by atoms with Crippen molar-refractivity contribution in [2.45, 2.75) is 0 Å². The summed E-state index contributed by atoms with van der Waals surface area (Å²) in [4.78, 5) is 3.46. The third-order valence-electron chi connectivity index (χ3n) is 3.99. The molecule has 0 amide bonds. The molecule has 3 aromatic carbocycles. The number of hydrogen-bond acceptors (Lipinski definition) is 2. The van der Waals surface area contributed by atoms with Gasteiger partial charge in [0.1, 0.15) is 11.5 Å². The van der Waals surface area contributed by atoms with Crippen molar-refractivity contribution in [2.75, 3.05) is 7.11 Å². The molecule has 1 aromatic heterocycles. The van der Waals surface area contributed by atoms with E-state index in [1.54, 1.807) is 19.2 Å². The zero-order valence-corrected chi connectivity index (χ0v) is 12.1. The van der Waals surface area contributed by atoms with Crippen LogP contribution in [-0.2, 0) is 0 Å². The van der Waals surface area contributed by atoms with Crippen molar-refractivity contribution in [3.63, 3.8) is 0 Å². The van der Waals surface area contributed by atoms with Crippen LogP contribution in [0.3, 0.4) is 0 Å². The number of phenolic OH excluding ortho intramolecular Hbond substituents is 1. The molecule has 0 bridgehead atoms. The number of hydrogen-bond donors (Lipinski definition) is 2. The number of nitrogens with one attached hydrogen (secondary N) is 1. The molecular formula is C19H15NO2. The number of benzene rings is 3. The van der Waals surface area contributed by atoms with Crippen LogP contribution in [0.25, 0.3) is 32.9 Å². The highest BCUT2D eigenvalue weighted by Crippen LogP contribution is 2.38. The Bertz CT molecular complexity index is 971. The highest BCUT2D eigenvalue weighted by atomic mass is 16.5. The number of ether oxygens (including phenoxy) is 1. The third-order valence-corrected chi connectivity index (χ3v) is 3.99. The Hall–Kier alpha value is -2.94. The number of fused-ring (bicyclic) bond motifs is 3. The average Bonchev–Trinajstić information content (AvgIpc) is 2.93. The largest absolute Gasteiger partial charge is 0.508 e. The van der Waals surface area contributed by atoms with Crippen LogP contribution >= 0.6 is 0 Å². The molecule has 108 valence electrons. The van der Waals surface area contributed by atoms with Gasteiger partial charge in [0.25, 0.3) is 0 Å². The molecule has 0 unspecified atom stereocenters. The monoisotopic (exact) mass is 289 g/mol. The van der Waals surface area contributed by atoms with Gasteiger partial charge in [0.15, 0.2) is 0 Å². The van der Waals surface area contributed by atoms with Gasteiger partial charge in [-0.25, -0.2) is 0 Å². The van der Waals surface area contributed by atoms with Gasteiger partial charge in [0.05, 0.1) is 18.1 Å². The first kappa shape index (κ1) is 12.8. The normalized spacial score (nSPS) is 11.1. The van der Waals surface area contributed by atoms with Gasteiger partial charge >= 0.3 is 0 Å². The fourth-order valence-corrected chi connectivity index (χ4v) is 3.00. The molecule has 0 atom stereocenters. The second-order valence-corrected chi connectivity index (χ2v) is 5.29. The number of rotatable bonds is 2. The van der Waals surface area contributed by atoms with E-state index in [9.17, 15) is 5.11 Å². The van der Waals surface area contributed by atoms with Crippen LogP contribution in [-0.4, -0.2) is 17.2 Å². The molecule has 0 aliphatic carbocycles. The number of phenols is 1. The van der Waals surface area contributed by atoms with E-state index in [1.165, 1.54) is 0 Å². The number of H-pyrrole nitrogens is 1. The second kappa shape index (κ2) is 4.81. The van der Waals surface area contributed by atoms with Crippen molar-refractivity contribution in [2.24, 2.45) is 0 Å². The number of para-hydroxylation sites is 1. The Labute approximate surface area is 127 Å². The van der Waals surface area contributed by atoms with Gasteiger partial charge in [-0.3, -0.25) is 0 Å². The fraction of sp³-hybridized carbons (Fsp3) is 0.0526. The molecule has 3 nitrogen and oxygen atoms in total. The predicted molar refractivity (Wildman–Crippen MR) is 89.5 cm³/mol. The lowest BCUT2D eigenvalue weighted by Crippen LogP contribution is -1.83. The van der Waals surface area contributed by atoms with Gasteiger partial charge in [0, 0.05) is 16.3 Å². The second-order valence-electron chi connectivity index (χ2n) is 5.29. The number of aromatic amines is 1. The van der Waals surface area contributed by atoms with Gasteiger partial charge < -0.3 is 14.8 Å². The van der Waals surface area contributed by atoms with E-state index in [2.05, 4.69) is 4.98 Å². The molecule has 0 aliphatic heterocycles. The number of aromatic hydroxyl groups is 1. The number of aromatic nitrogens is 1. The van der Waals surface area contributed by atoms with Crippen molar-refractivity contribution >= 4 is 21.8 Å². The Balaban J connectivity index is 2.14. The minimum Gasteiger partial charge on any atom is -0.508 e. The summed E-state index contributed by atoms with van der Waals surface area (Å²) in [6, 6.07) is 19.6. The van der Waals surface area contributed by atoms with Crippen molar-refractivity contribution in [3.05, 3.63) is 60.7 Å². The van der Waals surface area contributed by atoms with E-state index in [0.717, 1.165) is 38.7 Å². The third kappa shape index (κ3) is 1.83. The Kier molecular flexibility index (Phi) is 2.79. The maximum atomic E-state index is 10.1. The molecular weight excluding hydrogens is 274 g/mol. The molecule has 2 N–H and O–H groups in total. The molecule has 22 heavy (non-hydrogen) atoms. The summed E-state index contributed by atoms with van der Waals surface area (Å²) in [6.07, 6.45) is 0. The summed E-state index contributed by atoms with van der Waals surface area (Å²) in [5.74, 6) is 1.06. The van der Waals surface area contributed by atoms with Crippen molar-refractivity contribution in [3.8, 4) is 22.6 Å². The minimum atomic E-state index is 0.259. The molecule has 1 heterocycles. The number of methoxy groups -OCH3 is 1. The standard InChI is InChI=1S/C19H15NO2/c1-22-17-9-5-8-14-16-11-13(21)10-15(18(16)20-19(14)17)12-6-3-2-4-7-12/h2-11,20-21H,1H3.